The van der Waals surface area contributed by atoms with Crippen LogP contribution in [0, 0.1) is 0 Å². The summed E-state index contributed by atoms with van der Waals surface area (Å²) >= 11 is 12.3. The van der Waals surface area contributed by atoms with Gasteiger partial charge in [0.25, 0.3) is 0 Å². The lowest BCUT2D eigenvalue weighted by molar-refractivity contribution is 0.597. The Morgan fingerprint density at radius 3 is 2.54 bits per heavy atom. The molecule has 0 radical (unpaired) electrons. The molecule has 0 bridgehead atoms. The molecule has 0 unspecified atom stereocenters. The number of nitrogens with two attached hydrogens (primary N) is 2. The van der Waals surface area contributed by atoms with Gasteiger partial charge in [-0.15, -0.1) is 0 Å². The number of primary sulfonamides is 1. The summed E-state index contributed by atoms with van der Waals surface area (Å²) in [6, 6.07) is 13.4. The lowest BCUT2D eigenvalue weighted by atomic mass is 10.1. The molecule has 3 rings (SSSR count). The third-order valence-corrected chi connectivity index (χ3v) is 5.65. The number of halogens is 2. The molecule has 0 aliphatic carbocycles. The SMILES string of the molecule is Nc1nc(NCCc2cccc(S(N)(=O)=O)c2)cc(-c2cccc(Cl)c2Cl)n1. The zero-order chi connectivity index (χ0) is 20.3. The summed E-state index contributed by atoms with van der Waals surface area (Å²) in [5, 5.41) is 9.11. The van der Waals surface area contributed by atoms with Crippen molar-refractivity contribution < 1.29 is 8.42 Å². The molecule has 28 heavy (non-hydrogen) atoms. The fourth-order valence-electron chi connectivity index (χ4n) is 2.61. The number of sulfonamides is 1. The average molecular weight is 438 g/mol. The summed E-state index contributed by atoms with van der Waals surface area (Å²) in [6.45, 7) is 0.493. The van der Waals surface area contributed by atoms with Crippen LogP contribution in [0.3, 0.4) is 0 Å². The van der Waals surface area contributed by atoms with E-state index in [1.54, 1.807) is 36.4 Å². The number of rotatable bonds is 6. The topological polar surface area (TPSA) is 124 Å². The van der Waals surface area contributed by atoms with Crippen molar-refractivity contribution in [3.05, 3.63) is 64.1 Å². The van der Waals surface area contributed by atoms with E-state index in [-0.39, 0.29) is 10.8 Å². The van der Waals surface area contributed by atoms with Crippen molar-refractivity contribution in [3.63, 3.8) is 0 Å². The quantitative estimate of drug-likeness (QED) is 0.542. The second-order valence-corrected chi connectivity index (χ2v) is 8.31. The summed E-state index contributed by atoms with van der Waals surface area (Å²) in [7, 11) is -3.73. The minimum Gasteiger partial charge on any atom is -0.370 e. The monoisotopic (exact) mass is 437 g/mol. The van der Waals surface area contributed by atoms with Crippen LogP contribution >= 0.6 is 23.2 Å². The van der Waals surface area contributed by atoms with Crippen LogP contribution < -0.4 is 16.2 Å². The van der Waals surface area contributed by atoms with Gasteiger partial charge in [0.15, 0.2) is 0 Å². The third kappa shape index (κ3) is 4.90. The van der Waals surface area contributed by atoms with Crippen molar-refractivity contribution in [2.75, 3.05) is 17.6 Å². The molecule has 5 N–H and O–H groups in total. The Morgan fingerprint density at radius 1 is 1.04 bits per heavy atom. The first-order chi connectivity index (χ1) is 13.2. The Kier molecular flexibility index (Phi) is 6.04. The van der Waals surface area contributed by atoms with Crippen LogP contribution in [0.5, 0.6) is 0 Å². The number of hydrogen-bond donors (Lipinski definition) is 3. The maximum absolute atomic E-state index is 11.5. The summed E-state index contributed by atoms with van der Waals surface area (Å²) in [5.41, 5.74) is 7.82. The normalized spacial score (nSPS) is 11.4. The standard InChI is InChI=1S/C18H17Cl2N5O2S/c19-14-6-2-5-13(17(14)20)15-10-16(25-18(21)24-15)23-8-7-11-3-1-4-12(9-11)28(22,26)27/h1-6,9-10H,7-8H2,(H2,22,26,27)(H3,21,23,24,25). The Hall–Kier alpha value is -2.39. The molecule has 0 saturated heterocycles. The molecule has 0 fully saturated rings. The van der Waals surface area contributed by atoms with E-state index in [0.717, 1.165) is 5.56 Å². The Morgan fingerprint density at radius 2 is 1.79 bits per heavy atom. The fourth-order valence-corrected chi connectivity index (χ4v) is 3.59. The Labute approximate surface area is 172 Å². The summed E-state index contributed by atoms with van der Waals surface area (Å²) in [4.78, 5) is 8.45. The number of hydrogen-bond acceptors (Lipinski definition) is 6. The molecule has 0 aliphatic heterocycles. The van der Waals surface area contributed by atoms with Gasteiger partial charge in [0.2, 0.25) is 16.0 Å². The van der Waals surface area contributed by atoms with Gasteiger partial charge in [-0.05, 0) is 30.2 Å². The van der Waals surface area contributed by atoms with Crippen LogP contribution in [0.4, 0.5) is 11.8 Å². The molecule has 1 aromatic heterocycles. The lowest BCUT2D eigenvalue weighted by Gasteiger charge is -2.10. The van der Waals surface area contributed by atoms with E-state index in [1.165, 1.54) is 6.07 Å². The van der Waals surface area contributed by atoms with E-state index in [9.17, 15) is 8.42 Å². The van der Waals surface area contributed by atoms with Crippen LogP contribution in [-0.2, 0) is 16.4 Å². The molecule has 146 valence electrons. The molecule has 1 heterocycles. The highest BCUT2D eigenvalue weighted by Crippen LogP contribution is 2.33. The van der Waals surface area contributed by atoms with Gasteiger partial charge in [-0.2, -0.15) is 4.98 Å². The highest BCUT2D eigenvalue weighted by atomic mass is 35.5. The fraction of sp³-hybridized carbons (Fsp3) is 0.111. The van der Waals surface area contributed by atoms with Gasteiger partial charge in [-0.1, -0.05) is 47.5 Å². The Balaban J connectivity index is 1.75. The first kappa shape index (κ1) is 20.3. The van der Waals surface area contributed by atoms with Gasteiger partial charge < -0.3 is 11.1 Å². The van der Waals surface area contributed by atoms with Gasteiger partial charge in [0, 0.05) is 18.2 Å². The highest BCUT2D eigenvalue weighted by molar-refractivity contribution is 7.89. The molecule has 10 heteroatoms. The molecular weight excluding hydrogens is 421 g/mol. The summed E-state index contributed by atoms with van der Waals surface area (Å²) in [5.74, 6) is 0.605. The minimum atomic E-state index is -3.73. The van der Waals surface area contributed by atoms with E-state index in [2.05, 4.69) is 15.3 Å². The van der Waals surface area contributed by atoms with Gasteiger partial charge in [0.05, 0.1) is 20.6 Å². The van der Waals surface area contributed by atoms with Crippen LogP contribution in [0.15, 0.2) is 53.4 Å². The van der Waals surface area contributed by atoms with Gasteiger partial charge >= 0.3 is 0 Å². The number of nitrogens with one attached hydrogen (secondary N) is 1. The van der Waals surface area contributed by atoms with Crippen molar-refractivity contribution in [1.82, 2.24) is 9.97 Å². The molecule has 0 atom stereocenters. The van der Waals surface area contributed by atoms with Crippen molar-refractivity contribution in [2.24, 2.45) is 5.14 Å². The maximum atomic E-state index is 11.5. The molecule has 3 aromatic rings. The molecule has 2 aromatic carbocycles. The largest absolute Gasteiger partial charge is 0.370 e. The minimum absolute atomic E-state index is 0.0779. The van der Waals surface area contributed by atoms with Crippen LogP contribution in [0.25, 0.3) is 11.3 Å². The molecule has 0 spiro atoms. The summed E-state index contributed by atoms with van der Waals surface area (Å²) < 4.78 is 22.9. The highest BCUT2D eigenvalue weighted by Gasteiger charge is 2.11. The van der Waals surface area contributed by atoms with E-state index in [0.29, 0.717) is 40.1 Å². The second-order valence-electron chi connectivity index (χ2n) is 5.97. The van der Waals surface area contributed by atoms with Crippen molar-refractivity contribution in [1.29, 1.82) is 0 Å². The van der Waals surface area contributed by atoms with Crippen LogP contribution in [0.2, 0.25) is 10.0 Å². The van der Waals surface area contributed by atoms with E-state index in [1.807, 2.05) is 6.07 Å². The maximum Gasteiger partial charge on any atom is 0.238 e. The number of nitrogen functional groups attached to an aromatic ring is 1. The van der Waals surface area contributed by atoms with Crippen LogP contribution in [0.1, 0.15) is 5.56 Å². The van der Waals surface area contributed by atoms with Crippen molar-refractivity contribution >= 4 is 45.0 Å². The predicted molar refractivity (Wildman–Crippen MR) is 112 cm³/mol. The number of anilines is 2. The van der Waals surface area contributed by atoms with E-state index in [4.69, 9.17) is 34.1 Å². The zero-order valence-electron chi connectivity index (χ0n) is 14.6. The molecule has 0 saturated carbocycles. The van der Waals surface area contributed by atoms with E-state index >= 15 is 0 Å². The number of aromatic nitrogens is 2. The van der Waals surface area contributed by atoms with Crippen LogP contribution in [-0.4, -0.2) is 24.9 Å². The van der Waals surface area contributed by atoms with Gasteiger partial charge in [-0.25, -0.2) is 18.5 Å². The van der Waals surface area contributed by atoms with Gasteiger partial charge in [-0.3, -0.25) is 0 Å². The lowest BCUT2D eigenvalue weighted by Crippen LogP contribution is -2.13. The van der Waals surface area contributed by atoms with Gasteiger partial charge in [0.1, 0.15) is 5.82 Å². The summed E-state index contributed by atoms with van der Waals surface area (Å²) in [6.07, 6.45) is 0.556. The molecular formula is C18H17Cl2N5O2S. The van der Waals surface area contributed by atoms with Crippen molar-refractivity contribution in [3.8, 4) is 11.3 Å². The zero-order valence-corrected chi connectivity index (χ0v) is 16.9. The molecule has 0 amide bonds. The molecule has 7 nitrogen and oxygen atoms in total. The number of nitrogens with zero attached hydrogens (tertiary/aromatic N) is 2. The Bertz CT molecular complexity index is 1120. The smallest absolute Gasteiger partial charge is 0.238 e. The predicted octanol–water partition coefficient (Wildman–Crippen LogP) is 3.33. The number of benzene rings is 2. The third-order valence-electron chi connectivity index (χ3n) is 3.92. The molecule has 0 aliphatic rings. The first-order valence-corrected chi connectivity index (χ1v) is 10.5. The first-order valence-electron chi connectivity index (χ1n) is 8.18. The average Bonchev–Trinajstić information content (AvgIpc) is 2.63. The second kappa shape index (κ2) is 8.32. The van der Waals surface area contributed by atoms with Crippen molar-refractivity contribution in [2.45, 2.75) is 11.3 Å². The van der Waals surface area contributed by atoms with E-state index < -0.39 is 10.0 Å².